The molecule has 0 saturated carbocycles. The number of nitrogens with zero attached hydrogens (tertiary/aromatic N) is 1. The molecule has 2 unspecified atom stereocenters. The van der Waals surface area contributed by atoms with Crippen molar-refractivity contribution in [3.8, 4) is 0 Å². The maximum atomic E-state index is 12.0. The molecule has 2 heterocycles. The lowest BCUT2D eigenvalue weighted by molar-refractivity contribution is -0.0522. The van der Waals surface area contributed by atoms with E-state index >= 15 is 0 Å². The van der Waals surface area contributed by atoms with Gasteiger partial charge in [-0.3, -0.25) is 4.90 Å². The first-order valence-electron chi connectivity index (χ1n) is 5.73. The van der Waals surface area contributed by atoms with Crippen molar-refractivity contribution in [3.63, 3.8) is 0 Å². The maximum Gasteiger partial charge on any atom is 0.411 e. The zero-order valence-electron chi connectivity index (χ0n) is 10.1. The van der Waals surface area contributed by atoms with Crippen LogP contribution in [-0.2, 0) is 9.47 Å². The molecular weight excluding hydrogens is 206 g/mol. The molecule has 0 radical (unpaired) electrons. The van der Waals surface area contributed by atoms with Gasteiger partial charge in [0, 0.05) is 0 Å². The molecule has 0 spiro atoms. The average Bonchev–Trinajstić information content (AvgIpc) is 2.13. The van der Waals surface area contributed by atoms with Crippen molar-refractivity contribution in [3.05, 3.63) is 12.2 Å². The van der Waals surface area contributed by atoms with E-state index in [1.807, 2.05) is 31.7 Å². The summed E-state index contributed by atoms with van der Waals surface area (Å²) in [4.78, 5) is 13.9. The molecule has 0 aromatic carbocycles. The summed E-state index contributed by atoms with van der Waals surface area (Å²) in [6.45, 7) is 6.84. The van der Waals surface area contributed by atoms with E-state index in [1.165, 1.54) is 0 Å². The number of fused-ring (bicyclic) bond motifs is 2. The van der Waals surface area contributed by atoms with E-state index in [2.05, 4.69) is 6.08 Å². The molecule has 2 rings (SSSR count). The molecular formula is C12H19NO3. The highest BCUT2D eigenvalue weighted by molar-refractivity contribution is 5.70. The fourth-order valence-corrected chi connectivity index (χ4v) is 2.08. The smallest absolute Gasteiger partial charge is 0.411 e. The van der Waals surface area contributed by atoms with E-state index in [0.717, 1.165) is 6.42 Å². The summed E-state index contributed by atoms with van der Waals surface area (Å²) in [5, 5.41) is 0. The van der Waals surface area contributed by atoms with Crippen molar-refractivity contribution in [1.29, 1.82) is 0 Å². The average molecular weight is 225 g/mol. The molecule has 4 nitrogen and oxygen atoms in total. The van der Waals surface area contributed by atoms with Gasteiger partial charge < -0.3 is 9.47 Å². The summed E-state index contributed by atoms with van der Waals surface area (Å²) < 4.78 is 10.9. The highest BCUT2D eigenvalue weighted by Gasteiger charge is 2.37. The Labute approximate surface area is 96.2 Å². The van der Waals surface area contributed by atoms with Crippen LogP contribution in [0.4, 0.5) is 4.79 Å². The lowest BCUT2D eigenvalue weighted by atomic mass is 10.0. The number of carbonyl (C=O) groups is 1. The van der Waals surface area contributed by atoms with Gasteiger partial charge in [-0.05, 0) is 27.2 Å². The van der Waals surface area contributed by atoms with Crippen LogP contribution in [0.2, 0.25) is 0 Å². The second-order valence-electron chi connectivity index (χ2n) is 5.31. The SMILES string of the molecule is CC(C)(C)OC(=O)N1C2C=CCC1COC2. The lowest BCUT2D eigenvalue weighted by Gasteiger charge is -2.43. The second kappa shape index (κ2) is 4.09. The fourth-order valence-electron chi connectivity index (χ4n) is 2.08. The van der Waals surface area contributed by atoms with Crippen LogP contribution in [0, 0.1) is 0 Å². The van der Waals surface area contributed by atoms with Gasteiger partial charge in [-0.25, -0.2) is 4.79 Å². The molecule has 2 aliphatic rings. The quantitative estimate of drug-likeness (QED) is 0.591. The van der Waals surface area contributed by atoms with Crippen LogP contribution in [0.15, 0.2) is 12.2 Å². The van der Waals surface area contributed by atoms with Crippen molar-refractivity contribution >= 4 is 6.09 Å². The standard InChI is InChI=1S/C12H19NO3/c1-12(2,3)16-11(14)13-9-5-4-6-10(13)8-15-7-9/h4-5,9-10H,6-8H2,1-3H3. The molecule has 2 aliphatic heterocycles. The number of amides is 1. The van der Waals surface area contributed by atoms with Crippen molar-refractivity contribution in [2.24, 2.45) is 0 Å². The monoisotopic (exact) mass is 225 g/mol. The van der Waals surface area contributed by atoms with Crippen LogP contribution in [-0.4, -0.2) is 41.9 Å². The predicted molar refractivity (Wildman–Crippen MR) is 60.2 cm³/mol. The van der Waals surface area contributed by atoms with Gasteiger partial charge in [0.2, 0.25) is 0 Å². The van der Waals surface area contributed by atoms with Crippen LogP contribution in [0.5, 0.6) is 0 Å². The zero-order valence-corrected chi connectivity index (χ0v) is 10.1. The maximum absolute atomic E-state index is 12.0. The van der Waals surface area contributed by atoms with Gasteiger partial charge in [-0.1, -0.05) is 12.2 Å². The van der Waals surface area contributed by atoms with E-state index < -0.39 is 5.60 Å². The van der Waals surface area contributed by atoms with Gasteiger partial charge in [0.25, 0.3) is 0 Å². The van der Waals surface area contributed by atoms with Crippen molar-refractivity contribution in [2.75, 3.05) is 13.2 Å². The molecule has 2 bridgehead atoms. The third-order valence-corrected chi connectivity index (χ3v) is 2.72. The summed E-state index contributed by atoms with van der Waals surface area (Å²) in [5.41, 5.74) is -0.437. The van der Waals surface area contributed by atoms with E-state index in [0.29, 0.717) is 13.2 Å². The molecule has 1 saturated heterocycles. The largest absolute Gasteiger partial charge is 0.444 e. The molecule has 4 heteroatoms. The first kappa shape index (κ1) is 11.5. The van der Waals surface area contributed by atoms with E-state index in [4.69, 9.17) is 9.47 Å². The highest BCUT2D eigenvalue weighted by atomic mass is 16.6. The Bertz CT molecular complexity index is 306. The number of hydrogen-bond donors (Lipinski definition) is 0. The normalized spacial score (nSPS) is 29.1. The summed E-state index contributed by atoms with van der Waals surface area (Å²) in [5.74, 6) is 0. The van der Waals surface area contributed by atoms with Crippen molar-refractivity contribution in [2.45, 2.75) is 44.9 Å². The number of hydrogen-bond acceptors (Lipinski definition) is 3. The van der Waals surface area contributed by atoms with Crippen LogP contribution >= 0.6 is 0 Å². The van der Waals surface area contributed by atoms with Crippen molar-refractivity contribution < 1.29 is 14.3 Å². The number of ether oxygens (including phenoxy) is 2. The Morgan fingerprint density at radius 3 is 2.81 bits per heavy atom. The predicted octanol–water partition coefficient (Wildman–Crippen LogP) is 1.95. The summed E-state index contributed by atoms with van der Waals surface area (Å²) >= 11 is 0. The molecule has 1 amide bonds. The Kier molecular flexibility index (Phi) is 2.93. The molecule has 0 aromatic rings. The Hall–Kier alpha value is -1.03. The Balaban J connectivity index is 2.08. The van der Waals surface area contributed by atoms with Gasteiger partial charge in [-0.15, -0.1) is 0 Å². The fraction of sp³-hybridized carbons (Fsp3) is 0.750. The minimum Gasteiger partial charge on any atom is -0.444 e. The van der Waals surface area contributed by atoms with Crippen LogP contribution < -0.4 is 0 Å². The highest BCUT2D eigenvalue weighted by Crippen LogP contribution is 2.24. The molecule has 2 atom stereocenters. The number of morpholine rings is 1. The molecule has 0 N–H and O–H groups in total. The third kappa shape index (κ3) is 2.38. The number of carbonyl (C=O) groups excluding carboxylic acids is 1. The number of rotatable bonds is 0. The summed E-state index contributed by atoms with van der Waals surface area (Å²) in [7, 11) is 0. The van der Waals surface area contributed by atoms with Crippen LogP contribution in [0.25, 0.3) is 0 Å². The van der Waals surface area contributed by atoms with Gasteiger partial charge in [0.1, 0.15) is 5.60 Å². The molecule has 16 heavy (non-hydrogen) atoms. The second-order valence-corrected chi connectivity index (χ2v) is 5.31. The van der Waals surface area contributed by atoms with Crippen molar-refractivity contribution in [1.82, 2.24) is 4.90 Å². The third-order valence-electron chi connectivity index (χ3n) is 2.72. The van der Waals surface area contributed by atoms with Gasteiger partial charge in [0.05, 0.1) is 25.3 Å². The first-order valence-corrected chi connectivity index (χ1v) is 5.73. The van der Waals surface area contributed by atoms with E-state index in [1.54, 1.807) is 0 Å². The topological polar surface area (TPSA) is 38.8 Å². The molecule has 0 aromatic heterocycles. The van der Waals surface area contributed by atoms with E-state index in [-0.39, 0.29) is 18.2 Å². The lowest BCUT2D eigenvalue weighted by Crippen LogP contribution is -2.56. The van der Waals surface area contributed by atoms with Gasteiger partial charge in [-0.2, -0.15) is 0 Å². The zero-order chi connectivity index (χ0) is 11.8. The van der Waals surface area contributed by atoms with Crippen LogP contribution in [0.3, 0.4) is 0 Å². The minimum atomic E-state index is -0.437. The Morgan fingerprint density at radius 1 is 1.44 bits per heavy atom. The van der Waals surface area contributed by atoms with E-state index in [9.17, 15) is 4.79 Å². The van der Waals surface area contributed by atoms with Gasteiger partial charge >= 0.3 is 6.09 Å². The molecule has 1 fully saturated rings. The Morgan fingerprint density at radius 2 is 2.19 bits per heavy atom. The summed E-state index contributed by atoms with van der Waals surface area (Å²) in [6, 6.07) is 0.181. The van der Waals surface area contributed by atoms with Crippen LogP contribution in [0.1, 0.15) is 27.2 Å². The summed E-state index contributed by atoms with van der Waals surface area (Å²) in [6.07, 6.45) is 4.78. The minimum absolute atomic E-state index is 0.0438. The van der Waals surface area contributed by atoms with Gasteiger partial charge in [0.15, 0.2) is 0 Å². The molecule has 0 aliphatic carbocycles. The first-order chi connectivity index (χ1) is 7.47. The molecule has 90 valence electrons.